The minimum atomic E-state index is -0.283. The first-order valence-corrected chi connectivity index (χ1v) is 10.7. The number of anilines is 3. The van der Waals surface area contributed by atoms with Crippen LogP contribution in [0.5, 0.6) is 0 Å². The van der Waals surface area contributed by atoms with Gasteiger partial charge in [0.25, 0.3) is 0 Å². The zero-order valence-corrected chi connectivity index (χ0v) is 18.4. The molecule has 1 saturated heterocycles. The Bertz CT molecular complexity index is 1130. The second-order valence-electron chi connectivity index (χ2n) is 8.26. The number of nitriles is 1. The fraction of sp³-hybridized carbons (Fsp3) is 0.333. The topological polar surface area (TPSA) is 98.0 Å². The molecule has 1 saturated carbocycles. The van der Waals surface area contributed by atoms with Gasteiger partial charge in [-0.1, -0.05) is 0 Å². The Hall–Kier alpha value is -3.21. The summed E-state index contributed by atoms with van der Waals surface area (Å²) in [5, 5.41) is 22.3. The highest BCUT2D eigenvalue weighted by atomic mass is 35.5. The smallest absolute Gasteiger partial charge is 0.132 e. The fourth-order valence-corrected chi connectivity index (χ4v) is 4.00. The fourth-order valence-electron chi connectivity index (χ4n) is 4.00. The van der Waals surface area contributed by atoms with Crippen LogP contribution in [0.1, 0.15) is 42.7 Å². The Morgan fingerprint density at radius 1 is 1.06 bits per heavy atom. The summed E-state index contributed by atoms with van der Waals surface area (Å²) in [5.74, 6) is 2.77. The molecule has 2 N–H and O–H groups in total. The second-order valence-corrected chi connectivity index (χ2v) is 8.26. The number of nitrogens with one attached hydrogen (secondary N) is 1. The number of piperidine rings is 1. The lowest BCUT2D eigenvalue weighted by Gasteiger charge is -2.31. The van der Waals surface area contributed by atoms with Crippen molar-refractivity contribution in [2.75, 3.05) is 23.3 Å². The van der Waals surface area contributed by atoms with Crippen molar-refractivity contribution in [2.24, 2.45) is 0 Å². The molecule has 4 heterocycles. The predicted octanol–water partition coefficient (Wildman–Crippen LogP) is 4.41. The van der Waals surface area contributed by atoms with Gasteiger partial charge in [0.15, 0.2) is 0 Å². The number of β-amino-alcohol motifs (C(OH)–C–C–N with tert-alkyl or cyclic N) is 1. The van der Waals surface area contributed by atoms with Crippen LogP contribution in [0, 0.1) is 11.3 Å². The number of hydrogen-bond acceptors (Lipinski definition) is 7. The van der Waals surface area contributed by atoms with Gasteiger partial charge in [0.2, 0.25) is 0 Å². The third-order valence-corrected chi connectivity index (χ3v) is 5.81. The van der Waals surface area contributed by atoms with Gasteiger partial charge >= 0.3 is 0 Å². The summed E-state index contributed by atoms with van der Waals surface area (Å²) in [4.78, 5) is 15.9. The van der Waals surface area contributed by atoms with Crippen molar-refractivity contribution in [3.63, 3.8) is 0 Å². The quantitative estimate of drug-likeness (QED) is 0.596. The summed E-state index contributed by atoms with van der Waals surface area (Å²) < 4.78 is 0. The summed E-state index contributed by atoms with van der Waals surface area (Å²) in [6.07, 6.45) is 7.41. The number of rotatable bonds is 5. The van der Waals surface area contributed by atoms with E-state index in [1.165, 1.54) is 18.4 Å². The third-order valence-electron chi connectivity index (χ3n) is 5.81. The number of aliphatic hydroxyl groups is 1. The molecule has 164 valence electrons. The van der Waals surface area contributed by atoms with Crippen LogP contribution in [-0.2, 0) is 0 Å². The average Bonchev–Trinajstić information content (AvgIpc) is 3.65. The summed E-state index contributed by atoms with van der Waals surface area (Å²) in [6, 6.07) is 13.8. The van der Waals surface area contributed by atoms with Gasteiger partial charge in [0, 0.05) is 31.0 Å². The lowest BCUT2D eigenvalue weighted by molar-refractivity contribution is 0.154. The number of nitrogens with zero attached hydrogens (tertiary/aromatic N) is 5. The standard InChI is InChI=1S/C24H24N6O.ClH/c25-13-16-7-8-26-22(10-16)29-23-12-19(17-3-4-17)11-21(28-23)18-5-6-24(27-14-18)30-9-1-2-20(31)15-30;/h5-8,10-12,14,17,20,31H,1-4,9,15H2,(H,26,28,29);1H/t20-;/m0./s1. The molecule has 0 unspecified atom stereocenters. The van der Waals surface area contributed by atoms with Crippen LogP contribution >= 0.6 is 12.4 Å². The summed E-state index contributed by atoms with van der Waals surface area (Å²) in [6.45, 7) is 1.55. The van der Waals surface area contributed by atoms with Crippen molar-refractivity contribution in [3.05, 3.63) is 59.9 Å². The third kappa shape index (κ3) is 4.98. The van der Waals surface area contributed by atoms with Crippen LogP contribution < -0.4 is 10.2 Å². The first-order valence-electron chi connectivity index (χ1n) is 10.7. The minimum Gasteiger partial charge on any atom is -0.391 e. The number of halogens is 1. The lowest BCUT2D eigenvalue weighted by atomic mass is 10.1. The number of pyridine rings is 3. The first kappa shape index (κ1) is 22.0. The summed E-state index contributed by atoms with van der Waals surface area (Å²) in [5.41, 5.74) is 3.62. The molecule has 0 spiro atoms. The molecule has 1 atom stereocenters. The van der Waals surface area contributed by atoms with E-state index in [0.717, 1.165) is 36.5 Å². The zero-order chi connectivity index (χ0) is 21.2. The van der Waals surface area contributed by atoms with Gasteiger partial charge in [-0.3, -0.25) is 0 Å². The maximum absolute atomic E-state index is 9.94. The zero-order valence-electron chi connectivity index (χ0n) is 17.6. The first-order chi connectivity index (χ1) is 15.2. The monoisotopic (exact) mass is 448 g/mol. The van der Waals surface area contributed by atoms with Crippen LogP contribution in [0.3, 0.4) is 0 Å². The number of aromatic nitrogens is 3. The van der Waals surface area contributed by atoms with Crippen LogP contribution in [0.25, 0.3) is 11.3 Å². The minimum absolute atomic E-state index is 0. The molecule has 3 aromatic rings. The Labute approximate surface area is 193 Å². The molecule has 2 aliphatic rings. The van der Waals surface area contributed by atoms with E-state index in [0.29, 0.717) is 29.7 Å². The largest absolute Gasteiger partial charge is 0.391 e. The highest BCUT2D eigenvalue weighted by Gasteiger charge is 2.25. The summed E-state index contributed by atoms with van der Waals surface area (Å²) >= 11 is 0. The van der Waals surface area contributed by atoms with Crippen molar-refractivity contribution >= 4 is 29.9 Å². The molecule has 1 aliphatic carbocycles. The number of hydrogen-bond donors (Lipinski definition) is 2. The van der Waals surface area contributed by atoms with E-state index in [1.54, 1.807) is 18.3 Å². The Balaban J connectivity index is 0.00000245. The molecule has 1 aliphatic heterocycles. The molecule has 5 rings (SSSR count). The van der Waals surface area contributed by atoms with Gasteiger partial charge in [-0.05, 0) is 73.6 Å². The van der Waals surface area contributed by atoms with E-state index in [1.807, 2.05) is 18.3 Å². The normalized spacial score (nSPS) is 17.9. The van der Waals surface area contributed by atoms with E-state index < -0.39 is 0 Å². The molecule has 0 bridgehead atoms. The molecule has 2 fully saturated rings. The van der Waals surface area contributed by atoms with E-state index >= 15 is 0 Å². The highest BCUT2D eigenvalue weighted by molar-refractivity contribution is 5.85. The van der Waals surface area contributed by atoms with Gasteiger partial charge in [-0.25, -0.2) is 15.0 Å². The van der Waals surface area contributed by atoms with Crippen molar-refractivity contribution < 1.29 is 5.11 Å². The maximum atomic E-state index is 9.94. The van der Waals surface area contributed by atoms with Gasteiger partial charge in [-0.15, -0.1) is 12.4 Å². The van der Waals surface area contributed by atoms with Crippen molar-refractivity contribution in [1.82, 2.24) is 15.0 Å². The molecule has 7 nitrogen and oxygen atoms in total. The van der Waals surface area contributed by atoms with Crippen LogP contribution in [0.15, 0.2) is 48.8 Å². The van der Waals surface area contributed by atoms with Gasteiger partial charge in [-0.2, -0.15) is 5.26 Å². The van der Waals surface area contributed by atoms with Crippen molar-refractivity contribution in [3.8, 4) is 17.3 Å². The van der Waals surface area contributed by atoms with Crippen LogP contribution in [-0.4, -0.2) is 39.3 Å². The molecular formula is C24H25ClN6O. The molecule has 0 amide bonds. The second kappa shape index (κ2) is 9.51. The van der Waals surface area contributed by atoms with Crippen LogP contribution in [0.4, 0.5) is 17.5 Å². The van der Waals surface area contributed by atoms with E-state index in [9.17, 15) is 5.11 Å². The van der Waals surface area contributed by atoms with Crippen molar-refractivity contribution in [2.45, 2.75) is 37.7 Å². The van der Waals surface area contributed by atoms with Gasteiger partial charge in [0.05, 0.1) is 23.4 Å². The molecule has 0 radical (unpaired) electrons. The molecule has 32 heavy (non-hydrogen) atoms. The Morgan fingerprint density at radius 2 is 1.94 bits per heavy atom. The van der Waals surface area contributed by atoms with Gasteiger partial charge < -0.3 is 15.3 Å². The molecular weight excluding hydrogens is 424 g/mol. The van der Waals surface area contributed by atoms with Crippen molar-refractivity contribution in [1.29, 1.82) is 5.26 Å². The summed E-state index contributed by atoms with van der Waals surface area (Å²) in [7, 11) is 0. The van der Waals surface area contributed by atoms with E-state index in [2.05, 4.69) is 38.4 Å². The SMILES string of the molecule is Cl.N#Cc1ccnc(Nc2cc(C3CC3)cc(-c3ccc(N4CCC[C@H](O)C4)nc3)n2)c1. The highest BCUT2D eigenvalue weighted by Crippen LogP contribution is 2.42. The lowest BCUT2D eigenvalue weighted by Crippen LogP contribution is -2.38. The van der Waals surface area contributed by atoms with Crippen LogP contribution in [0.2, 0.25) is 0 Å². The molecule has 8 heteroatoms. The van der Waals surface area contributed by atoms with E-state index in [4.69, 9.17) is 10.2 Å². The Kier molecular flexibility index (Phi) is 6.54. The van der Waals surface area contributed by atoms with E-state index in [-0.39, 0.29) is 18.5 Å². The molecule has 3 aromatic heterocycles. The Morgan fingerprint density at radius 3 is 2.66 bits per heavy atom. The number of aliphatic hydroxyl groups excluding tert-OH is 1. The molecule has 0 aromatic carbocycles. The average molecular weight is 449 g/mol. The predicted molar refractivity (Wildman–Crippen MR) is 126 cm³/mol. The maximum Gasteiger partial charge on any atom is 0.132 e. The van der Waals surface area contributed by atoms with Gasteiger partial charge in [0.1, 0.15) is 17.5 Å².